The summed E-state index contributed by atoms with van der Waals surface area (Å²) < 4.78 is 42.6. The fraction of sp³-hybridized carbons (Fsp3) is 0.118. The van der Waals surface area contributed by atoms with Crippen LogP contribution in [0.2, 0.25) is 5.02 Å². The number of halogens is 4. The molecule has 0 atom stereocenters. The summed E-state index contributed by atoms with van der Waals surface area (Å²) in [6.07, 6.45) is -0.205. The lowest BCUT2D eigenvalue weighted by Crippen LogP contribution is -2.23. The van der Waals surface area contributed by atoms with Gasteiger partial charge in [0.1, 0.15) is 0 Å². The topological polar surface area (TPSA) is 52.2 Å². The number of nitrogens with zero attached hydrogens (tertiary/aromatic N) is 4. The van der Waals surface area contributed by atoms with Crippen molar-refractivity contribution in [3.05, 3.63) is 69.5 Å². The summed E-state index contributed by atoms with van der Waals surface area (Å²) in [6.45, 7) is 1.67. The number of aryl methyl sites for hydroxylation is 1. The number of alkyl halides is 3. The smallest absolute Gasteiger partial charge is 0.293 e. The van der Waals surface area contributed by atoms with Crippen molar-refractivity contribution in [3.63, 3.8) is 0 Å². The molecule has 0 spiro atoms. The summed E-state index contributed by atoms with van der Waals surface area (Å²) in [4.78, 5) is 21.1. The number of imidazole rings is 1. The van der Waals surface area contributed by atoms with Crippen LogP contribution in [-0.2, 0) is 6.18 Å². The van der Waals surface area contributed by atoms with Gasteiger partial charge < -0.3 is 0 Å². The molecular weight excluding hydrogens is 369 g/mol. The number of hydrogen-bond donors (Lipinski definition) is 0. The minimum atomic E-state index is -4.65. The molecule has 0 N–H and O–H groups in total. The quantitative estimate of drug-likeness (QED) is 0.503. The van der Waals surface area contributed by atoms with Crippen molar-refractivity contribution in [1.29, 1.82) is 0 Å². The predicted octanol–water partition coefficient (Wildman–Crippen LogP) is 4.01. The molecular formula is C17H10ClF3N4O. The van der Waals surface area contributed by atoms with Crippen molar-refractivity contribution in [2.24, 2.45) is 0 Å². The number of aromatic nitrogens is 4. The average molecular weight is 379 g/mol. The van der Waals surface area contributed by atoms with Crippen molar-refractivity contribution < 1.29 is 13.2 Å². The van der Waals surface area contributed by atoms with Crippen LogP contribution in [0, 0.1) is 6.92 Å². The third kappa shape index (κ3) is 2.37. The van der Waals surface area contributed by atoms with Crippen LogP contribution in [-0.4, -0.2) is 18.9 Å². The number of rotatable bonds is 1. The fourth-order valence-corrected chi connectivity index (χ4v) is 3.22. The fourth-order valence-electron chi connectivity index (χ4n) is 2.96. The molecule has 0 saturated heterocycles. The van der Waals surface area contributed by atoms with Gasteiger partial charge in [-0.1, -0.05) is 11.6 Å². The molecule has 0 aliphatic carbocycles. The lowest BCUT2D eigenvalue weighted by Gasteiger charge is -2.16. The van der Waals surface area contributed by atoms with Gasteiger partial charge >= 0.3 is 6.18 Å². The van der Waals surface area contributed by atoms with E-state index in [0.717, 1.165) is 6.07 Å². The summed E-state index contributed by atoms with van der Waals surface area (Å²) in [5.74, 6) is 0. The van der Waals surface area contributed by atoms with E-state index in [1.54, 1.807) is 19.1 Å². The largest absolute Gasteiger partial charge is 0.417 e. The van der Waals surface area contributed by atoms with Crippen LogP contribution in [0.4, 0.5) is 13.2 Å². The second-order valence-corrected chi connectivity index (χ2v) is 6.10. The molecule has 4 aromatic rings. The molecule has 0 aliphatic heterocycles. The van der Waals surface area contributed by atoms with E-state index >= 15 is 0 Å². The number of hydrogen-bond acceptors (Lipinski definition) is 3. The molecule has 132 valence electrons. The zero-order valence-electron chi connectivity index (χ0n) is 13.3. The first kappa shape index (κ1) is 16.6. The SMILES string of the molecule is Cc1ncccc1-n1c(=O)c2nccn2c2cc(Cl)c(C(F)(F)F)cc21. The Morgan fingerprint density at radius 2 is 1.88 bits per heavy atom. The molecule has 0 aliphatic rings. The number of fused-ring (bicyclic) bond motifs is 3. The van der Waals surface area contributed by atoms with Gasteiger partial charge in [0.05, 0.1) is 33.0 Å². The molecule has 5 nitrogen and oxygen atoms in total. The van der Waals surface area contributed by atoms with E-state index in [9.17, 15) is 18.0 Å². The van der Waals surface area contributed by atoms with E-state index in [4.69, 9.17) is 11.6 Å². The van der Waals surface area contributed by atoms with Crippen LogP contribution in [0.25, 0.3) is 22.4 Å². The normalized spacial score (nSPS) is 12.2. The second-order valence-electron chi connectivity index (χ2n) is 5.69. The zero-order chi connectivity index (χ0) is 18.6. The monoisotopic (exact) mass is 378 g/mol. The van der Waals surface area contributed by atoms with E-state index in [1.165, 1.54) is 33.6 Å². The molecule has 0 unspecified atom stereocenters. The first-order chi connectivity index (χ1) is 12.3. The number of benzene rings is 1. The Hall–Kier alpha value is -2.87. The summed E-state index contributed by atoms with van der Waals surface area (Å²) in [6, 6.07) is 5.29. The average Bonchev–Trinajstić information content (AvgIpc) is 3.06. The molecule has 1 aromatic carbocycles. The van der Waals surface area contributed by atoms with Gasteiger partial charge in [0.25, 0.3) is 5.56 Å². The van der Waals surface area contributed by atoms with E-state index in [2.05, 4.69) is 9.97 Å². The second kappa shape index (κ2) is 5.57. The Morgan fingerprint density at radius 1 is 1.12 bits per heavy atom. The van der Waals surface area contributed by atoms with Crippen molar-refractivity contribution >= 4 is 28.3 Å². The molecule has 3 aromatic heterocycles. The first-order valence-corrected chi connectivity index (χ1v) is 7.87. The first-order valence-electron chi connectivity index (χ1n) is 7.49. The Kier molecular flexibility index (Phi) is 3.55. The molecule has 3 heterocycles. The minimum absolute atomic E-state index is 0.0633. The van der Waals surface area contributed by atoms with Crippen molar-refractivity contribution in [2.75, 3.05) is 0 Å². The van der Waals surface area contributed by atoms with E-state index < -0.39 is 22.3 Å². The molecule has 0 fully saturated rings. The summed E-state index contributed by atoms with van der Waals surface area (Å²) in [7, 11) is 0. The third-order valence-electron chi connectivity index (χ3n) is 4.13. The molecule has 0 bridgehead atoms. The lowest BCUT2D eigenvalue weighted by molar-refractivity contribution is -0.137. The van der Waals surface area contributed by atoms with Gasteiger partial charge in [-0.3, -0.25) is 18.7 Å². The van der Waals surface area contributed by atoms with Crippen molar-refractivity contribution in [1.82, 2.24) is 18.9 Å². The third-order valence-corrected chi connectivity index (χ3v) is 4.44. The van der Waals surface area contributed by atoms with Crippen LogP contribution in [0.15, 0.2) is 47.7 Å². The van der Waals surface area contributed by atoms with Gasteiger partial charge in [-0.15, -0.1) is 0 Å². The van der Waals surface area contributed by atoms with Crippen LogP contribution in [0.3, 0.4) is 0 Å². The van der Waals surface area contributed by atoms with E-state index in [1.807, 2.05) is 0 Å². The van der Waals surface area contributed by atoms with Gasteiger partial charge in [0.15, 0.2) is 0 Å². The van der Waals surface area contributed by atoms with Gasteiger partial charge in [0.2, 0.25) is 5.65 Å². The summed E-state index contributed by atoms with van der Waals surface area (Å²) >= 11 is 5.87. The number of pyridine rings is 1. The molecule has 0 radical (unpaired) electrons. The molecule has 26 heavy (non-hydrogen) atoms. The van der Waals surface area contributed by atoms with E-state index in [-0.39, 0.29) is 11.2 Å². The van der Waals surface area contributed by atoms with Gasteiger partial charge in [-0.05, 0) is 31.2 Å². The Labute approximate surface area is 149 Å². The highest BCUT2D eigenvalue weighted by atomic mass is 35.5. The lowest BCUT2D eigenvalue weighted by atomic mass is 10.1. The molecule has 4 rings (SSSR count). The van der Waals surface area contributed by atoms with Crippen LogP contribution in [0.1, 0.15) is 11.3 Å². The Balaban J connectivity index is 2.26. The Morgan fingerprint density at radius 3 is 2.58 bits per heavy atom. The van der Waals surface area contributed by atoms with Gasteiger partial charge in [0, 0.05) is 18.6 Å². The van der Waals surface area contributed by atoms with Crippen LogP contribution < -0.4 is 5.56 Å². The summed E-state index contributed by atoms with van der Waals surface area (Å²) in [5.41, 5.74) is -0.211. The molecule has 9 heteroatoms. The van der Waals surface area contributed by atoms with Crippen LogP contribution >= 0.6 is 11.6 Å². The maximum Gasteiger partial charge on any atom is 0.417 e. The van der Waals surface area contributed by atoms with E-state index in [0.29, 0.717) is 16.9 Å². The minimum Gasteiger partial charge on any atom is -0.293 e. The molecule has 0 amide bonds. The highest BCUT2D eigenvalue weighted by molar-refractivity contribution is 6.32. The van der Waals surface area contributed by atoms with Crippen LogP contribution in [0.5, 0.6) is 0 Å². The molecule has 0 saturated carbocycles. The Bertz CT molecular complexity index is 1230. The highest BCUT2D eigenvalue weighted by Gasteiger charge is 2.34. The maximum absolute atomic E-state index is 13.3. The zero-order valence-corrected chi connectivity index (χ0v) is 14.0. The van der Waals surface area contributed by atoms with Crippen molar-refractivity contribution in [3.8, 4) is 5.69 Å². The van der Waals surface area contributed by atoms with Crippen molar-refractivity contribution in [2.45, 2.75) is 13.1 Å². The highest BCUT2D eigenvalue weighted by Crippen LogP contribution is 2.37. The standard InChI is InChI=1S/C17H10ClF3N4O/c1-9-12(3-2-4-22-9)25-14-7-10(17(19,20)21)11(18)8-13(14)24-6-5-23-15(24)16(25)26/h2-8H,1H3. The summed E-state index contributed by atoms with van der Waals surface area (Å²) in [5, 5.41) is -0.451. The maximum atomic E-state index is 13.3. The van der Waals surface area contributed by atoms with Gasteiger partial charge in [-0.2, -0.15) is 13.2 Å². The predicted molar refractivity (Wildman–Crippen MR) is 90.8 cm³/mol. The van der Waals surface area contributed by atoms with Gasteiger partial charge in [-0.25, -0.2) is 4.98 Å².